The topological polar surface area (TPSA) is 0 Å². The van der Waals surface area contributed by atoms with E-state index in [1.807, 2.05) is 30.3 Å². The van der Waals surface area contributed by atoms with E-state index in [9.17, 15) is 30.7 Å². The second-order valence-electron chi connectivity index (χ2n) is 7.85. The molecule has 0 fully saturated rings. The summed E-state index contributed by atoms with van der Waals surface area (Å²) in [6, 6.07) is 13.6. The molecule has 34 heavy (non-hydrogen) atoms. The van der Waals surface area contributed by atoms with Gasteiger partial charge in [0, 0.05) is 0 Å². The lowest BCUT2D eigenvalue weighted by Gasteiger charge is -2.13. The number of rotatable bonds is 5. The van der Waals surface area contributed by atoms with E-state index < -0.39 is 46.1 Å². The van der Waals surface area contributed by atoms with E-state index in [2.05, 4.69) is 6.58 Å². The third-order valence-electron chi connectivity index (χ3n) is 5.53. The molecule has 7 heteroatoms. The molecule has 0 atom stereocenters. The van der Waals surface area contributed by atoms with E-state index in [-0.39, 0.29) is 17.7 Å². The molecule has 0 saturated heterocycles. The van der Waals surface area contributed by atoms with Crippen molar-refractivity contribution in [2.24, 2.45) is 0 Å². The molecule has 0 amide bonds. The van der Waals surface area contributed by atoms with E-state index in [0.29, 0.717) is 5.56 Å². The minimum atomic E-state index is -5.28. The Labute approximate surface area is 191 Å². The molecule has 0 nitrogen and oxygen atoms in total. The molecule has 0 aliphatic heterocycles. The molecule has 0 saturated carbocycles. The van der Waals surface area contributed by atoms with Gasteiger partial charge in [0.15, 0.2) is 0 Å². The molecule has 0 unspecified atom stereocenters. The highest BCUT2D eigenvalue weighted by molar-refractivity contribution is 5.88. The Bertz CT molecular complexity index is 1350. The van der Waals surface area contributed by atoms with Crippen LogP contribution >= 0.6 is 0 Å². The van der Waals surface area contributed by atoms with Crippen molar-refractivity contribution in [3.05, 3.63) is 108 Å². The summed E-state index contributed by atoms with van der Waals surface area (Å²) in [7, 11) is 0. The normalized spacial score (nSPS) is 11.7. The summed E-state index contributed by atoms with van der Waals surface area (Å²) in [4.78, 5) is 0. The number of hydrogen-bond acceptors (Lipinski definition) is 0. The highest BCUT2D eigenvalue weighted by atomic mass is 19.4. The summed E-state index contributed by atoms with van der Waals surface area (Å²) in [5.41, 5.74) is -1.81. The predicted octanol–water partition coefficient (Wildman–Crippen LogP) is 8.87. The fourth-order valence-corrected chi connectivity index (χ4v) is 3.90. The van der Waals surface area contributed by atoms with Crippen LogP contribution in [0.25, 0.3) is 33.0 Å². The lowest BCUT2D eigenvalue weighted by Crippen LogP contribution is -2.11. The highest BCUT2D eigenvalue weighted by Gasteiger charge is 2.38. The minimum absolute atomic E-state index is 0.171. The molecule has 4 aromatic rings. The molecule has 4 aromatic carbocycles. The number of alkyl halides is 3. The summed E-state index contributed by atoms with van der Waals surface area (Å²) in [6.07, 6.45) is -1.78. The first kappa shape index (κ1) is 23.5. The van der Waals surface area contributed by atoms with Gasteiger partial charge in [-0.3, -0.25) is 0 Å². The van der Waals surface area contributed by atoms with Crippen LogP contribution in [0.5, 0.6) is 0 Å². The molecule has 0 radical (unpaired) electrons. The molecule has 4 rings (SSSR count). The number of hydrogen-bond donors (Lipinski definition) is 0. The number of aryl methyl sites for hydroxylation is 1. The zero-order valence-corrected chi connectivity index (χ0v) is 17.6. The van der Waals surface area contributed by atoms with Crippen LogP contribution in [0.4, 0.5) is 30.7 Å². The smallest absolute Gasteiger partial charge is 0.206 e. The standard InChI is InChI=1S/C27H17F7/c1-2-3-4-15-5-6-17-10-18(8-7-16(17)9-15)19-11-21(28)25(22(29)12-19)20-13-23(30)26(24(31)14-20)27(32,33)34/h2,5-14H,1,3-4H2. The Kier molecular flexibility index (Phi) is 6.21. The molecular formula is C27H17F7. The van der Waals surface area contributed by atoms with Gasteiger partial charge in [0.1, 0.15) is 28.8 Å². The quantitative estimate of drug-likeness (QED) is 0.200. The van der Waals surface area contributed by atoms with E-state index in [1.54, 1.807) is 12.1 Å². The molecule has 0 spiro atoms. The van der Waals surface area contributed by atoms with Gasteiger partial charge in [0.2, 0.25) is 0 Å². The van der Waals surface area contributed by atoms with Gasteiger partial charge < -0.3 is 0 Å². The number of fused-ring (bicyclic) bond motifs is 1. The van der Waals surface area contributed by atoms with Gasteiger partial charge in [-0.1, -0.05) is 36.4 Å². The van der Waals surface area contributed by atoms with E-state index in [4.69, 9.17) is 0 Å². The lowest BCUT2D eigenvalue weighted by molar-refractivity contribution is -0.142. The van der Waals surface area contributed by atoms with Gasteiger partial charge in [-0.2, -0.15) is 13.2 Å². The summed E-state index contributed by atoms with van der Waals surface area (Å²) >= 11 is 0. The fourth-order valence-electron chi connectivity index (χ4n) is 3.90. The van der Waals surface area contributed by atoms with Crippen LogP contribution in [0.2, 0.25) is 0 Å². The number of halogens is 7. The van der Waals surface area contributed by atoms with Crippen molar-refractivity contribution < 1.29 is 30.7 Å². The van der Waals surface area contributed by atoms with Crippen molar-refractivity contribution in [2.45, 2.75) is 19.0 Å². The van der Waals surface area contributed by atoms with Crippen LogP contribution in [-0.2, 0) is 12.6 Å². The third-order valence-corrected chi connectivity index (χ3v) is 5.53. The van der Waals surface area contributed by atoms with Crippen LogP contribution in [0.1, 0.15) is 17.5 Å². The highest BCUT2D eigenvalue weighted by Crippen LogP contribution is 2.38. The Balaban J connectivity index is 1.73. The third kappa shape index (κ3) is 4.55. The molecule has 0 aliphatic rings. The Morgan fingerprint density at radius 1 is 0.647 bits per heavy atom. The van der Waals surface area contributed by atoms with E-state index >= 15 is 0 Å². The van der Waals surface area contributed by atoms with Gasteiger partial charge in [0.05, 0.1) is 5.56 Å². The van der Waals surface area contributed by atoms with Crippen molar-refractivity contribution in [1.29, 1.82) is 0 Å². The molecule has 0 aliphatic carbocycles. The van der Waals surface area contributed by atoms with Crippen LogP contribution < -0.4 is 0 Å². The van der Waals surface area contributed by atoms with Gasteiger partial charge in [-0.25, -0.2) is 17.6 Å². The van der Waals surface area contributed by atoms with Crippen LogP contribution in [-0.4, -0.2) is 0 Å². The maximum atomic E-state index is 14.9. The number of benzene rings is 4. The first-order valence-corrected chi connectivity index (χ1v) is 10.3. The van der Waals surface area contributed by atoms with Crippen molar-refractivity contribution in [3.63, 3.8) is 0 Å². The minimum Gasteiger partial charge on any atom is -0.206 e. The zero-order chi connectivity index (χ0) is 24.6. The second kappa shape index (κ2) is 8.97. The van der Waals surface area contributed by atoms with Crippen LogP contribution in [0.15, 0.2) is 73.3 Å². The van der Waals surface area contributed by atoms with Crippen LogP contribution in [0, 0.1) is 23.3 Å². The van der Waals surface area contributed by atoms with E-state index in [0.717, 1.165) is 41.3 Å². The predicted molar refractivity (Wildman–Crippen MR) is 118 cm³/mol. The van der Waals surface area contributed by atoms with Crippen molar-refractivity contribution >= 4 is 10.8 Å². The SMILES string of the molecule is C=CCCc1ccc2cc(-c3cc(F)c(-c4cc(F)c(C(F)(F)F)c(F)c4)c(F)c3)ccc2c1. The summed E-state index contributed by atoms with van der Waals surface area (Å²) < 4.78 is 96.0. The first-order chi connectivity index (χ1) is 16.1. The van der Waals surface area contributed by atoms with Crippen molar-refractivity contribution in [2.75, 3.05) is 0 Å². The summed E-state index contributed by atoms with van der Waals surface area (Å²) in [5.74, 6) is -6.22. The first-order valence-electron chi connectivity index (χ1n) is 10.3. The fraction of sp³-hybridized carbons (Fsp3) is 0.111. The second-order valence-corrected chi connectivity index (χ2v) is 7.85. The van der Waals surface area contributed by atoms with Crippen molar-refractivity contribution in [1.82, 2.24) is 0 Å². The Morgan fingerprint density at radius 3 is 1.79 bits per heavy atom. The summed E-state index contributed by atoms with van der Waals surface area (Å²) in [6.45, 7) is 3.70. The largest absolute Gasteiger partial charge is 0.422 e. The molecule has 0 bridgehead atoms. The maximum Gasteiger partial charge on any atom is 0.422 e. The Morgan fingerprint density at radius 2 is 1.21 bits per heavy atom. The molecule has 0 N–H and O–H groups in total. The average Bonchev–Trinajstić information content (AvgIpc) is 2.75. The molecular weight excluding hydrogens is 457 g/mol. The lowest BCUT2D eigenvalue weighted by atomic mass is 9.95. The van der Waals surface area contributed by atoms with Gasteiger partial charge in [0.25, 0.3) is 0 Å². The average molecular weight is 474 g/mol. The number of allylic oxidation sites excluding steroid dienone is 1. The maximum absolute atomic E-state index is 14.9. The van der Waals surface area contributed by atoms with Gasteiger partial charge in [-0.05, 0) is 76.2 Å². The molecule has 174 valence electrons. The molecule has 0 heterocycles. The van der Waals surface area contributed by atoms with Crippen molar-refractivity contribution in [3.8, 4) is 22.3 Å². The molecule has 0 aromatic heterocycles. The zero-order valence-electron chi connectivity index (χ0n) is 17.6. The van der Waals surface area contributed by atoms with Gasteiger partial charge in [-0.15, -0.1) is 6.58 Å². The van der Waals surface area contributed by atoms with Crippen LogP contribution in [0.3, 0.4) is 0 Å². The Hall–Kier alpha value is -3.61. The van der Waals surface area contributed by atoms with E-state index in [1.165, 1.54) is 0 Å². The summed E-state index contributed by atoms with van der Waals surface area (Å²) in [5, 5.41) is 1.79. The van der Waals surface area contributed by atoms with Gasteiger partial charge >= 0.3 is 6.18 Å². The monoisotopic (exact) mass is 474 g/mol.